The van der Waals surface area contributed by atoms with Crippen LogP contribution in [0.1, 0.15) is 49.3 Å². The van der Waals surface area contributed by atoms with E-state index in [1.165, 1.54) is 64.7 Å². The molecule has 2 heterocycles. The molecule has 3 aliphatic rings. The molecule has 1 spiro atoms. The van der Waals surface area contributed by atoms with E-state index in [2.05, 4.69) is 34.5 Å². The first-order valence-electron chi connectivity index (χ1n) is 8.39. The normalized spacial score (nSPS) is 34.3. The predicted molar refractivity (Wildman–Crippen MR) is 82.8 cm³/mol. The minimum absolute atomic E-state index is 0.577. The first-order valence-corrected chi connectivity index (χ1v) is 8.39. The fraction of sp³-hybridized carbons (Fsp3) is 0.667. The second-order valence-electron chi connectivity index (χ2n) is 7.11. The molecule has 0 radical (unpaired) electrons. The summed E-state index contributed by atoms with van der Waals surface area (Å²) in [6.45, 7) is 5.10. The molecule has 108 valence electrons. The fourth-order valence-electron chi connectivity index (χ4n) is 4.80. The van der Waals surface area contributed by atoms with Crippen LogP contribution in [-0.2, 0) is 6.42 Å². The molecule has 0 bridgehead atoms. The van der Waals surface area contributed by atoms with Gasteiger partial charge in [-0.15, -0.1) is 0 Å². The minimum Gasteiger partial charge on any atom is -0.316 e. The summed E-state index contributed by atoms with van der Waals surface area (Å²) in [5, 5.41) is 3.65. The third-order valence-electron chi connectivity index (χ3n) is 5.79. The molecule has 1 aliphatic carbocycles. The van der Waals surface area contributed by atoms with E-state index >= 15 is 0 Å². The first kappa shape index (κ1) is 12.8. The highest BCUT2D eigenvalue weighted by molar-refractivity contribution is 5.34. The maximum absolute atomic E-state index is 3.65. The van der Waals surface area contributed by atoms with Gasteiger partial charge in [-0.1, -0.05) is 24.3 Å². The molecule has 2 nitrogen and oxygen atoms in total. The van der Waals surface area contributed by atoms with E-state index in [-0.39, 0.29) is 0 Å². The van der Waals surface area contributed by atoms with Crippen molar-refractivity contribution in [2.45, 2.75) is 44.6 Å². The van der Waals surface area contributed by atoms with Crippen molar-refractivity contribution in [2.24, 2.45) is 5.41 Å². The van der Waals surface area contributed by atoms with Crippen molar-refractivity contribution >= 4 is 0 Å². The average molecular weight is 270 g/mol. The van der Waals surface area contributed by atoms with Gasteiger partial charge in [0.15, 0.2) is 0 Å². The fourth-order valence-corrected chi connectivity index (χ4v) is 4.80. The molecule has 2 unspecified atom stereocenters. The number of fused-ring (bicyclic) bond motifs is 1. The Kier molecular flexibility index (Phi) is 3.31. The smallest absolute Gasteiger partial charge is 0.0354 e. The van der Waals surface area contributed by atoms with Gasteiger partial charge >= 0.3 is 0 Å². The standard InChI is InChI=1S/C18H26N2/c1-2-6-16-15(5-1)7-8-17(16)20-12-4-10-18(14-20)9-3-11-19-13-18/h1-2,5-6,17,19H,3-4,7-14H2. The molecule has 0 aromatic heterocycles. The third-order valence-corrected chi connectivity index (χ3v) is 5.79. The molecule has 4 rings (SSSR count). The highest BCUT2D eigenvalue weighted by Crippen LogP contribution is 2.42. The Hall–Kier alpha value is -0.860. The van der Waals surface area contributed by atoms with Crippen LogP contribution in [-0.4, -0.2) is 31.1 Å². The lowest BCUT2D eigenvalue weighted by molar-refractivity contribution is 0.0371. The summed E-state index contributed by atoms with van der Waals surface area (Å²) in [5.41, 5.74) is 3.79. The predicted octanol–water partition coefficient (Wildman–Crippen LogP) is 3.14. The summed E-state index contributed by atoms with van der Waals surface area (Å²) in [4.78, 5) is 2.81. The molecule has 1 aromatic carbocycles. The molecule has 0 saturated carbocycles. The van der Waals surface area contributed by atoms with Crippen LogP contribution in [0.15, 0.2) is 24.3 Å². The Balaban J connectivity index is 1.54. The van der Waals surface area contributed by atoms with Gasteiger partial charge in [-0.2, -0.15) is 0 Å². The van der Waals surface area contributed by atoms with Crippen molar-refractivity contribution < 1.29 is 0 Å². The van der Waals surface area contributed by atoms with E-state index in [0.717, 1.165) is 0 Å². The summed E-state index contributed by atoms with van der Waals surface area (Å²) < 4.78 is 0. The second-order valence-corrected chi connectivity index (χ2v) is 7.11. The third kappa shape index (κ3) is 2.19. The zero-order valence-electron chi connectivity index (χ0n) is 12.4. The van der Waals surface area contributed by atoms with Gasteiger partial charge < -0.3 is 5.32 Å². The van der Waals surface area contributed by atoms with Crippen LogP contribution >= 0.6 is 0 Å². The van der Waals surface area contributed by atoms with Crippen LogP contribution in [0.2, 0.25) is 0 Å². The highest BCUT2D eigenvalue weighted by atomic mass is 15.2. The quantitative estimate of drug-likeness (QED) is 0.843. The number of benzene rings is 1. The van der Waals surface area contributed by atoms with E-state index in [0.29, 0.717) is 11.5 Å². The molecule has 1 aromatic rings. The largest absolute Gasteiger partial charge is 0.316 e. The lowest BCUT2D eigenvalue weighted by atomic mass is 9.74. The van der Waals surface area contributed by atoms with Crippen molar-refractivity contribution in [1.29, 1.82) is 0 Å². The van der Waals surface area contributed by atoms with Crippen molar-refractivity contribution in [1.82, 2.24) is 10.2 Å². The van der Waals surface area contributed by atoms with Crippen LogP contribution in [0, 0.1) is 5.41 Å². The number of hydrogen-bond acceptors (Lipinski definition) is 2. The highest BCUT2D eigenvalue weighted by Gasteiger charge is 2.39. The molecule has 2 aliphatic heterocycles. The van der Waals surface area contributed by atoms with Crippen LogP contribution in [0.5, 0.6) is 0 Å². The summed E-state index contributed by atoms with van der Waals surface area (Å²) in [6, 6.07) is 9.82. The van der Waals surface area contributed by atoms with E-state index in [9.17, 15) is 0 Å². The van der Waals surface area contributed by atoms with Crippen molar-refractivity contribution in [3.63, 3.8) is 0 Å². The van der Waals surface area contributed by atoms with Gasteiger partial charge in [-0.25, -0.2) is 0 Å². The Morgan fingerprint density at radius 1 is 1.15 bits per heavy atom. The Bertz CT molecular complexity index is 471. The minimum atomic E-state index is 0.577. The molecule has 2 heteroatoms. The van der Waals surface area contributed by atoms with E-state index in [1.807, 2.05) is 0 Å². The van der Waals surface area contributed by atoms with E-state index < -0.39 is 0 Å². The van der Waals surface area contributed by atoms with Gasteiger partial charge in [-0.05, 0) is 68.2 Å². The lowest BCUT2D eigenvalue weighted by Gasteiger charge is -2.47. The zero-order chi connectivity index (χ0) is 13.4. The second kappa shape index (κ2) is 5.16. The molecular formula is C18H26N2. The maximum Gasteiger partial charge on any atom is 0.0354 e. The van der Waals surface area contributed by atoms with Crippen LogP contribution < -0.4 is 5.32 Å². The van der Waals surface area contributed by atoms with Gasteiger partial charge in [0, 0.05) is 19.1 Å². The topological polar surface area (TPSA) is 15.3 Å². The Morgan fingerprint density at radius 2 is 2.05 bits per heavy atom. The van der Waals surface area contributed by atoms with Crippen molar-refractivity contribution in [3.8, 4) is 0 Å². The molecule has 20 heavy (non-hydrogen) atoms. The van der Waals surface area contributed by atoms with Crippen LogP contribution in [0.3, 0.4) is 0 Å². The number of piperidine rings is 2. The lowest BCUT2D eigenvalue weighted by Crippen LogP contribution is -2.51. The molecule has 1 N–H and O–H groups in total. The van der Waals surface area contributed by atoms with Gasteiger partial charge in [0.05, 0.1) is 0 Å². The number of likely N-dealkylation sites (tertiary alicyclic amines) is 1. The summed E-state index contributed by atoms with van der Waals surface area (Å²) in [7, 11) is 0. The van der Waals surface area contributed by atoms with E-state index in [4.69, 9.17) is 0 Å². The average Bonchev–Trinajstić information content (AvgIpc) is 2.92. The van der Waals surface area contributed by atoms with Gasteiger partial charge in [0.25, 0.3) is 0 Å². The van der Waals surface area contributed by atoms with Gasteiger partial charge in [0.1, 0.15) is 0 Å². The number of nitrogens with one attached hydrogen (secondary N) is 1. The maximum atomic E-state index is 3.65. The van der Waals surface area contributed by atoms with Crippen molar-refractivity contribution in [3.05, 3.63) is 35.4 Å². The van der Waals surface area contributed by atoms with Gasteiger partial charge in [-0.3, -0.25) is 4.90 Å². The summed E-state index contributed by atoms with van der Waals surface area (Å²) in [6.07, 6.45) is 8.25. The van der Waals surface area contributed by atoms with Crippen LogP contribution in [0.25, 0.3) is 0 Å². The number of rotatable bonds is 1. The molecule has 2 saturated heterocycles. The SMILES string of the molecule is c1ccc2c(c1)CCC2N1CCCC2(CCCNC2)C1. The molecule has 0 amide bonds. The van der Waals surface area contributed by atoms with E-state index in [1.54, 1.807) is 11.1 Å². The molecule has 2 fully saturated rings. The monoisotopic (exact) mass is 270 g/mol. The Morgan fingerprint density at radius 3 is 2.95 bits per heavy atom. The number of hydrogen-bond donors (Lipinski definition) is 1. The van der Waals surface area contributed by atoms with Gasteiger partial charge in [0.2, 0.25) is 0 Å². The summed E-state index contributed by atoms with van der Waals surface area (Å²) in [5.74, 6) is 0. The molecule has 2 atom stereocenters. The number of aryl methyl sites for hydroxylation is 1. The van der Waals surface area contributed by atoms with Crippen molar-refractivity contribution in [2.75, 3.05) is 26.2 Å². The number of nitrogens with zero attached hydrogens (tertiary/aromatic N) is 1. The molecular weight excluding hydrogens is 244 g/mol. The summed E-state index contributed by atoms with van der Waals surface area (Å²) >= 11 is 0. The zero-order valence-corrected chi connectivity index (χ0v) is 12.4. The first-order chi connectivity index (χ1) is 9.86. The Labute approximate surface area is 122 Å². The van der Waals surface area contributed by atoms with Crippen LogP contribution in [0.4, 0.5) is 0 Å².